The minimum atomic E-state index is 0.491. The Morgan fingerprint density at radius 2 is 2.05 bits per heavy atom. The number of rotatable bonds is 4. The molecule has 3 N–H and O–H groups in total. The maximum atomic E-state index is 6.13. The molecule has 2 aromatic rings. The molecule has 0 bridgehead atoms. The normalized spacial score (nSPS) is 19.5. The third kappa shape index (κ3) is 2.48. The van der Waals surface area contributed by atoms with Gasteiger partial charge in [-0.2, -0.15) is 0 Å². The van der Waals surface area contributed by atoms with Crippen molar-refractivity contribution < 1.29 is 0 Å². The average molecular weight is 271 g/mol. The van der Waals surface area contributed by atoms with Crippen LogP contribution < -0.4 is 5.73 Å². The lowest BCUT2D eigenvalue weighted by Gasteiger charge is -2.35. The van der Waals surface area contributed by atoms with Crippen molar-refractivity contribution in [2.45, 2.75) is 25.7 Å². The first-order valence-electron chi connectivity index (χ1n) is 7.82. The smallest absolute Gasteiger partial charge is 0.0456 e. The van der Waals surface area contributed by atoms with Crippen LogP contribution in [-0.4, -0.2) is 36.1 Å². The van der Waals surface area contributed by atoms with E-state index in [1.165, 1.54) is 48.9 Å². The zero-order valence-corrected chi connectivity index (χ0v) is 12.3. The highest BCUT2D eigenvalue weighted by Crippen LogP contribution is 2.35. The molecular weight excluding hydrogens is 246 g/mol. The molecule has 108 valence electrons. The topological polar surface area (TPSA) is 45.0 Å². The van der Waals surface area contributed by atoms with Crippen molar-refractivity contribution in [2.24, 2.45) is 11.7 Å². The molecule has 1 atom stereocenters. The zero-order chi connectivity index (χ0) is 13.9. The summed E-state index contributed by atoms with van der Waals surface area (Å²) in [7, 11) is 0. The first-order valence-corrected chi connectivity index (χ1v) is 7.82. The van der Waals surface area contributed by atoms with E-state index in [9.17, 15) is 0 Å². The van der Waals surface area contributed by atoms with Crippen LogP contribution in [0.25, 0.3) is 10.9 Å². The Hall–Kier alpha value is -1.32. The van der Waals surface area contributed by atoms with E-state index in [1.54, 1.807) is 0 Å². The zero-order valence-electron chi connectivity index (χ0n) is 12.3. The fourth-order valence-corrected chi connectivity index (χ4v) is 3.65. The van der Waals surface area contributed by atoms with E-state index in [1.807, 2.05) is 0 Å². The number of H-pyrrole nitrogens is 1. The van der Waals surface area contributed by atoms with Gasteiger partial charge < -0.3 is 15.6 Å². The van der Waals surface area contributed by atoms with Gasteiger partial charge in [0.05, 0.1) is 0 Å². The van der Waals surface area contributed by atoms with Crippen LogP contribution in [0.15, 0.2) is 30.5 Å². The number of nitrogens with one attached hydrogen (secondary N) is 1. The van der Waals surface area contributed by atoms with Gasteiger partial charge in [-0.05, 0) is 56.6 Å². The molecule has 0 spiro atoms. The molecule has 0 aliphatic carbocycles. The third-order valence-corrected chi connectivity index (χ3v) is 4.92. The Balaban J connectivity index is 1.83. The number of piperidine rings is 1. The van der Waals surface area contributed by atoms with Crippen LogP contribution in [0.1, 0.15) is 31.2 Å². The minimum absolute atomic E-state index is 0.491. The molecule has 1 aliphatic rings. The highest BCUT2D eigenvalue weighted by Gasteiger charge is 2.27. The van der Waals surface area contributed by atoms with E-state index in [0.29, 0.717) is 5.92 Å². The SMILES string of the molecule is CCN1CCC(C(CN)c2c[nH]c3ccccc23)CC1. The van der Waals surface area contributed by atoms with Gasteiger partial charge in [-0.1, -0.05) is 25.1 Å². The number of fused-ring (bicyclic) bond motifs is 1. The van der Waals surface area contributed by atoms with Gasteiger partial charge in [-0.15, -0.1) is 0 Å². The molecule has 1 saturated heterocycles. The van der Waals surface area contributed by atoms with Crippen LogP contribution in [0.2, 0.25) is 0 Å². The molecule has 0 radical (unpaired) electrons. The van der Waals surface area contributed by atoms with Crippen molar-refractivity contribution in [3.05, 3.63) is 36.0 Å². The second-order valence-electron chi connectivity index (χ2n) is 5.90. The Morgan fingerprint density at radius 1 is 1.30 bits per heavy atom. The van der Waals surface area contributed by atoms with E-state index in [2.05, 4.69) is 47.3 Å². The molecule has 0 amide bonds. The molecule has 2 heterocycles. The van der Waals surface area contributed by atoms with Gasteiger partial charge in [0.2, 0.25) is 0 Å². The first-order chi connectivity index (χ1) is 9.83. The average Bonchev–Trinajstić information content (AvgIpc) is 2.93. The van der Waals surface area contributed by atoms with Crippen molar-refractivity contribution in [1.29, 1.82) is 0 Å². The van der Waals surface area contributed by atoms with E-state index in [4.69, 9.17) is 5.73 Å². The Morgan fingerprint density at radius 3 is 2.75 bits per heavy atom. The molecule has 20 heavy (non-hydrogen) atoms. The van der Waals surface area contributed by atoms with Gasteiger partial charge in [0.1, 0.15) is 0 Å². The van der Waals surface area contributed by atoms with Crippen molar-refractivity contribution in [2.75, 3.05) is 26.2 Å². The molecule has 1 aromatic heterocycles. The molecule has 0 saturated carbocycles. The number of hydrogen-bond acceptors (Lipinski definition) is 2. The predicted octanol–water partition coefficient (Wildman–Crippen LogP) is 2.94. The Kier molecular flexibility index (Phi) is 4.08. The monoisotopic (exact) mass is 271 g/mol. The summed E-state index contributed by atoms with van der Waals surface area (Å²) < 4.78 is 0. The Labute approximate surface area is 121 Å². The van der Waals surface area contributed by atoms with Gasteiger partial charge in [0, 0.05) is 23.0 Å². The van der Waals surface area contributed by atoms with Crippen LogP contribution in [0.3, 0.4) is 0 Å². The molecular formula is C17H25N3. The van der Waals surface area contributed by atoms with E-state index in [-0.39, 0.29) is 0 Å². The first kappa shape index (κ1) is 13.7. The fraction of sp³-hybridized carbons (Fsp3) is 0.529. The quantitative estimate of drug-likeness (QED) is 0.898. The van der Waals surface area contributed by atoms with Crippen LogP contribution in [0, 0.1) is 5.92 Å². The summed E-state index contributed by atoms with van der Waals surface area (Å²) in [6, 6.07) is 8.56. The Bertz CT molecular complexity index is 552. The van der Waals surface area contributed by atoms with Crippen LogP contribution in [0.4, 0.5) is 0 Å². The fourth-order valence-electron chi connectivity index (χ4n) is 3.65. The molecule has 1 aliphatic heterocycles. The molecule has 3 rings (SSSR count). The number of likely N-dealkylation sites (tertiary alicyclic amines) is 1. The largest absolute Gasteiger partial charge is 0.361 e. The third-order valence-electron chi connectivity index (χ3n) is 4.92. The summed E-state index contributed by atoms with van der Waals surface area (Å²) in [5, 5.41) is 1.35. The predicted molar refractivity (Wildman–Crippen MR) is 84.9 cm³/mol. The lowest BCUT2D eigenvalue weighted by atomic mass is 9.80. The standard InChI is InChI=1S/C17H25N3/c1-2-20-9-7-13(8-10-20)15(11-18)16-12-19-17-6-4-3-5-14(16)17/h3-6,12-13,15,19H,2,7-11,18H2,1H3. The van der Waals surface area contributed by atoms with E-state index < -0.39 is 0 Å². The number of para-hydroxylation sites is 1. The molecule has 1 fully saturated rings. The van der Waals surface area contributed by atoms with Gasteiger partial charge in [0.15, 0.2) is 0 Å². The van der Waals surface area contributed by atoms with E-state index in [0.717, 1.165) is 12.5 Å². The lowest BCUT2D eigenvalue weighted by molar-refractivity contribution is 0.176. The number of hydrogen-bond donors (Lipinski definition) is 2. The summed E-state index contributed by atoms with van der Waals surface area (Å²) >= 11 is 0. The lowest BCUT2D eigenvalue weighted by Crippen LogP contribution is -2.36. The molecule has 3 heteroatoms. The summed E-state index contributed by atoms with van der Waals surface area (Å²) in [4.78, 5) is 5.94. The number of nitrogens with zero attached hydrogens (tertiary/aromatic N) is 1. The number of nitrogens with two attached hydrogens (primary N) is 1. The number of aromatic nitrogens is 1. The second kappa shape index (κ2) is 5.98. The van der Waals surface area contributed by atoms with Crippen LogP contribution in [0.5, 0.6) is 0 Å². The van der Waals surface area contributed by atoms with Gasteiger partial charge in [-0.25, -0.2) is 0 Å². The van der Waals surface area contributed by atoms with Gasteiger partial charge >= 0.3 is 0 Å². The number of benzene rings is 1. The van der Waals surface area contributed by atoms with E-state index >= 15 is 0 Å². The summed E-state index contributed by atoms with van der Waals surface area (Å²) in [5.41, 5.74) is 8.77. The molecule has 1 unspecified atom stereocenters. The van der Waals surface area contributed by atoms with Crippen molar-refractivity contribution in [3.63, 3.8) is 0 Å². The maximum absolute atomic E-state index is 6.13. The van der Waals surface area contributed by atoms with Crippen molar-refractivity contribution >= 4 is 10.9 Å². The summed E-state index contributed by atoms with van der Waals surface area (Å²) in [5.74, 6) is 1.21. The van der Waals surface area contributed by atoms with Crippen molar-refractivity contribution in [1.82, 2.24) is 9.88 Å². The maximum Gasteiger partial charge on any atom is 0.0456 e. The highest BCUT2D eigenvalue weighted by molar-refractivity contribution is 5.83. The van der Waals surface area contributed by atoms with Crippen molar-refractivity contribution in [3.8, 4) is 0 Å². The van der Waals surface area contributed by atoms with Gasteiger partial charge in [0.25, 0.3) is 0 Å². The van der Waals surface area contributed by atoms with Crippen LogP contribution >= 0.6 is 0 Å². The highest BCUT2D eigenvalue weighted by atomic mass is 15.1. The molecule has 1 aromatic carbocycles. The minimum Gasteiger partial charge on any atom is -0.361 e. The summed E-state index contributed by atoms with van der Waals surface area (Å²) in [6.07, 6.45) is 4.72. The van der Waals surface area contributed by atoms with Crippen LogP contribution in [-0.2, 0) is 0 Å². The number of aromatic amines is 1. The second-order valence-corrected chi connectivity index (χ2v) is 5.90. The van der Waals surface area contributed by atoms with Gasteiger partial charge in [-0.3, -0.25) is 0 Å². The summed E-state index contributed by atoms with van der Waals surface area (Å²) in [6.45, 7) is 6.62. The molecule has 3 nitrogen and oxygen atoms in total.